The average molecular weight is 551 g/mol. The standard InChI is InChI=1S/C38H62O2/c1-3-5-7-9-11-13-15-17-19-21-27-35-29-23-25-31-37(35)39-33-34-40-38-32-26-24-30-36(38)28-22-20-18-16-14-12-10-8-6-4-2/h23-26,29-32H,3-22,27-28,33-34H2,1-2H3. The van der Waals surface area contributed by atoms with Crippen molar-refractivity contribution in [1.29, 1.82) is 0 Å². The number of benzene rings is 2. The first kappa shape index (κ1) is 34.2. The number of para-hydroxylation sites is 2. The minimum atomic E-state index is 0.585. The normalized spacial score (nSPS) is 11.2. The van der Waals surface area contributed by atoms with Gasteiger partial charge in [-0.3, -0.25) is 0 Å². The van der Waals surface area contributed by atoms with Crippen LogP contribution in [0.25, 0.3) is 0 Å². The van der Waals surface area contributed by atoms with E-state index in [0.717, 1.165) is 24.3 Å². The smallest absolute Gasteiger partial charge is 0.122 e. The largest absolute Gasteiger partial charge is 0.490 e. The molecule has 0 unspecified atom stereocenters. The second-order valence-corrected chi connectivity index (χ2v) is 11.8. The monoisotopic (exact) mass is 550 g/mol. The van der Waals surface area contributed by atoms with Crippen molar-refractivity contribution in [2.45, 2.75) is 155 Å². The zero-order chi connectivity index (χ0) is 28.4. The van der Waals surface area contributed by atoms with Crippen LogP contribution >= 0.6 is 0 Å². The molecule has 0 saturated heterocycles. The quantitative estimate of drug-likeness (QED) is 0.103. The van der Waals surface area contributed by atoms with Gasteiger partial charge in [-0.2, -0.15) is 0 Å². The summed E-state index contributed by atoms with van der Waals surface area (Å²) >= 11 is 0. The lowest BCUT2D eigenvalue weighted by molar-refractivity contribution is 0.214. The number of aryl methyl sites for hydroxylation is 2. The Morgan fingerprint density at radius 1 is 0.375 bits per heavy atom. The Morgan fingerprint density at radius 3 is 1.02 bits per heavy atom. The fraction of sp³-hybridized carbons (Fsp3) is 0.684. The third-order valence-corrected chi connectivity index (χ3v) is 8.14. The van der Waals surface area contributed by atoms with E-state index < -0.39 is 0 Å². The zero-order valence-corrected chi connectivity index (χ0v) is 26.4. The van der Waals surface area contributed by atoms with E-state index in [1.165, 1.54) is 140 Å². The van der Waals surface area contributed by atoms with Crippen LogP contribution in [0.5, 0.6) is 11.5 Å². The number of hydrogen-bond acceptors (Lipinski definition) is 2. The maximum atomic E-state index is 6.18. The molecule has 40 heavy (non-hydrogen) atoms. The molecule has 0 fully saturated rings. The molecule has 0 aliphatic heterocycles. The first-order valence-corrected chi connectivity index (χ1v) is 17.3. The molecular formula is C38H62O2. The topological polar surface area (TPSA) is 18.5 Å². The molecule has 0 saturated carbocycles. The Hall–Kier alpha value is -1.96. The van der Waals surface area contributed by atoms with Gasteiger partial charge in [0.25, 0.3) is 0 Å². The molecule has 2 heteroatoms. The van der Waals surface area contributed by atoms with Crippen LogP contribution < -0.4 is 9.47 Å². The summed E-state index contributed by atoms with van der Waals surface area (Å²) in [7, 11) is 0. The molecule has 0 bridgehead atoms. The van der Waals surface area contributed by atoms with Gasteiger partial charge in [0.2, 0.25) is 0 Å². The molecule has 0 aliphatic rings. The molecule has 0 atom stereocenters. The van der Waals surface area contributed by atoms with Gasteiger partial charge in [-0.15, -0.1) is 0 Å². The van der Waals surface area contributed by atoms with E-state index in [4.69, 9.17) is 9.47 Å². The molecule has 2 rings (SSSR count). The molecule has 0 aromatic heterocycles. The van der Waals surface area contributed by atoms with Crippen LogP contribution in [0.1, 0.15) is 153 Å². The molecule has 0 radical (unpaired) electrons. The summed E-state index contributed by atoms with van der Waals surface area (Å²) in [5, 5.41) is 0. The van der Waals surface area contributed by atoms with E-state index in [1.54, 1.807) is 0 Å². The molecule has 2 aromatic rings. The van der Waals surface area contributed by atoms with Crippen molar-refractivity contribution in [2.75, 3.05) is 13.2 Å². The van der Waals surface area contributed by atoms with Gasteiger partial charge in [0, 0.05) is 0 Å². The summed E-state index contributed by atoms with van der Waals surface area (Å²) < 4.78 is 12.4. The molecule has 2 nitrogen and oxygen atoms in total. The lowest BCUT2D eigenvalue weighted by Crippen LogP contribution is -2.11. The van der Waals surface area contributed by atoms with Crippen LogP contribution in [-0.2, 0) is 12.8 Å². The highest BCUT2D eigenvalue weighted by molar-refractivity contribution is 5.34. The SMILES string of the molecule is CCCCCCCCCCCCc1ccccc1OCCOc1ccccc1CCCCCCCCCCCC. The molecular weight excluding hydrogens is 488 g/mol. The third-order valence-electron chi connectivity index (χ3n) is 8.14. The van der Waals surface area contributed by atoms with Crippen molar-refractivity contribution in [3.8, 4) is 11.5 Å². The van der Waals surface area contributed by atoms with E-state index >= 15 is 0 Å². The van der Waals surface area contributed by atoms with Crippen molar-refractivity contribution in [2.24, 2.45) is 0 Å². The number of hydrogen-bond donors (Lipinski definition) is 0. The molecule has 0 amide bonds. The third kappa shape index (κ3) is 17.0. The maximum Gasteiger partial charge on any atom is 0.122 e. The van der Waals surface area contributed by atoms with Gasteiger partial charge in [0.15, 0.2) is 0 Å². The fourth-order valence-electron chi connectivity index (χ4n) is 5.61. The highest BCUT2D eigenvalue weighted by Gasteiger charge is 2.06. The minimum Gasteiger partial charge on any atom is -0.490 e. The highest BCUT2D eigenvalue weighted by atomic mass is 16.5. The average Bonchev–Trinajstić information content (AvgIpc) is 2.98. The van der Waals surface area contributed by atoms with Crippen molar-refractivity contribution < 1.29 is 9.47 Å². The van der Waals surface area contributed by atoms with Gasteiger partial charge in [0.05, 0.1) is 0 Å². The van der Waals surface area contributed by atoms with E-state index in [-0.39, 0.29) is 0 Å². The summed E-state index contributed by atoms with van der Waals surface area (Å²) in [5.74, 6) is 2.06. The highest BCUT2D eigenvalue weighted by Crippen LogP contribution is 2.23. The summed E-state index contributed by atoms with van der Waals surface area (Å²) in [6, 6.07) is 17.1. The predicted molar refractivity (Wildman–Crippen MR) is 175 cm³/mol. The number of unbranched alkanes of at least 4 members (excludes halogenated alkanes) is 18. The summed E-state index contributed by atoms with van der Waals surface area (Å²) in [6.07, 6.45) is 29.7. The van der Waals surface area contributed by atoms with Crippen LogP contribution in [-0.4, -0.2) is 13.2 Å². The minimum absolute atomic E-state index is 0.585. The molecule has 0 spiro atoms. The van der Waals surface area contributed by atoms with Crippen LogP contribution in [0.2, 0.25) is 0 Å². The van der Waals surface area contributed by atoms with E-state index in [9.17, 15) is 0 Å². The number of ether oxygens (including phenoxy) is 2. The summed E-state index contributed by atoms with van der Waals surface area (Å²) in [4.78, 5) is 0. The molecule has 0 N–H and O–H groups in total. The first-order valence-electron chi connectivity index (χ1n) is 17.3. The number of rotatable bonds is 27. The van der Waals surface area contributed by atoms with Gasteiger partial charge in [0.1, 0.15) is 24.7 Å². The van der Waals surface area contributed by atoms with Crippen molar-refractivity contribution in [3.05, 3.63) is 59.7 Å². The van der Waals surface area contributed by atoms with Gasteiger partial charge in [-0.1, -0.05) is 166 Å². The fourth-order valence-corrected chi connectivity index (χ4v) is 5.61. The molecule has 0 heterocycles. The Bertz CT molecular complexity index is 760. The first-order chi connectivity index (χ1) is 19.8. The van der Waals surface area contributed by atoms with Crippen molar-refractivity contribution in [3.63, 3.8) is 0 Å². The Morgan fingerprint density at radius 2 is 0.675 bits per heavy atom. The second-order valence-electron chi connectivity index (χ2n) is 11.8. The van der Waals surface area contributed by atoms with E-state index in [2.05, 4.69) is 62.4 Å². The van der Waals surface area contributed by atoms with Crippen molar-refractivity contribution >= 4 is 0 Å². The predicted octanol–water partition coefficient (Wildman–Crippen LogP) is 12.1. The van der Waals surface area contributed by atoms with Gasteiger partial charge in [-0.25, -0.2) is 0 Å². The lowest BCUT2D eigenvalue weighted by atomic mass is 10.0. The van der Waals surface area contributed by atoms with Gasteiger partial charge >= 0.3 is 0 Å². The molecule has 226 valence electrons. The van der Waals surface area contributed by atoms with Crippen LogP contribution in [0.4, 0.5) is 0 Å². The molecule has 0 aliphatic carbocycles. The second kappa shape index (κ2) is 24.8. The van der Waals surface area contributed by atoms with Crippen LogP contribution in [0, 0.1) is 0 Å². The Labute approximate surface area is 248 Å². The Balaban J connectivity index is 1.58. The summed E-state index contributed by atoms with van der Waals surface area (Å²) in [5.41, 5.74) is 2.67. The molecule has 2 aromatic carbocycles. The van der Waals surface area contributed by atoms with Gasteiger partial charge in [-0.05, 0) is 48.9 Å². The van der Waals surface area contributed by atoms with Crippen LogP contribution in [0.3, 0.4) is 0 Å². The summed E-state index contributed by atoms with van der Waals surface area (Å²) in [6.45, 7) is 5.75. The Kier molecular flexibility index (Phi) is 21.2. The van der Waals surface area contributed by atoms with E-state index in [1.807, 2.05) is 0 Å². The van der Waals surface area contributed by atoms with Crippen molar-refractivity contribution in [1.82, 2.24) is 0 Å². The zero-order valence-electron chi connectivity index (χ0n) is 26.4. The van der Waals surface area contributed by atoms with Gasteiger partial charge < -0.3 is 9.47 Å². The van der Waals surface area contributed by atoms with Crippen LogP contribution in [0.15, 0.2) is 48.5 Å². The maximum absolute atomic E-state index is 6.18. The van der Waals surface area contributed by atoms with E-state index in [0.29, 0.717) is 13.2 Å². The lowest BCUT2D eigenvalue weighted by Gasteiger charge is -2.14.